The fourth-order valence-corrected chi connectivity index (χ4v) is 1.24. The van der Waals surface area contributed by atoms with E-state index in [1.165, 1.54) is 12.3 Å². The Labute approximate surface area is 91.2 Å². The van der Waals surface area contributed by atoms with Crippen molar-refractivity contribution in [2.45, 2.75) is 13.8 Å². The summed E-state index contributed by atoms with van der Waals surface area (Å²) in [6.45, 7) is 3.21. The van der Waals surface area contributed by atoms with E-state index in [0.717, 1.165) is 0 Å². The van der Waals surface area contributed by atoms with Crippen molar-refractivity contribution in [2.75, 3.05) is 0 Å². The van der Waals surface area contributed by atoms with Crippen LogP contribution in [0, 0.1) is 25.7 Å². The smallest absolute Gasteiger partial charge is 0.224 e. The third-order valence-electron chi connectivity index (χ3n) is 2.14. The summed E-state index contributed by atoms with van der Waals surface area (Å²) in [6, 6.07) is 3.11. The highest BCUT2D eigenvalue weighted by molar-refractivity contribution is 5.54. The van der Waals surface area contributed by atoms with E-state index >= 15 is 0 Å². The fraction of sp³-hybridized carbons (Fsp3) is 0.182. The highest BCUT2D eigenvalue weighted by Crippen LogP contribution is 2.18. The van der Waals surface area contributed by atoms with E-state index in [2.05, 4.69) is 15.0 Å². The number of hydrogen-bond donors (Lipinski definition) is 0. The second-order valence-electron chi connectivity index (χ2n) is 3.46. The van der Waals surface area contributed by atoms with Gasteiger partial charge in [0.25, 0.3) is 0 Å². The number of nitrogens with zero attached hydrogens (tertiary/aromatic N) is 3. The molecule has 0 N–H and O–H groups in total. The number of pyridine rings is 1. The number of aromatic nitrogens is 3. The molecule has 0 bridgehead atoms. The van der Waals surface area contributed by atoms with Crippen LogP contribution in [0.4, 0.5) is 8.78 Å². The van der Waals surface area contributed by atoms with E-state index in [-0.39, 0.29) is 11.4 Å². The average molecular weight is 221 g/mol. The third-order valence-corrected chi connectivity index (χ3v) is 2.14. The summed E-state index contributed by atoms with van der Waals surface area (Å²) in [4.78, 5) is 11.1. The summed E-state index contributed by atoms with van der Waals surface area (Å²) in [5, 5.41) is 0. The van der Waals surface area contributed by atoms with Gasteiger partial charge in [-0.15, -0.1) is 0 Å². The molecule has 0 fully saturated rings. The van der Waals surface area contributed by atoms with Crippen molar-refractivity contribution >= 4 is 0 Å². The van der Waals surface area contributed by atoms with Gasteiger partial charge in [0, 0.05) is 17.5 Å². The van der Waals surface area contributed by atoms with Crippen LogP contribution >= 0.6 is 0 Å². The van der Waals surface area contributed by atoms with Crippen molar-refractivity contribution in [3.8, 4) is 11.4 Å². The van der Waals surface area contributed by atoms with Gasteiger partial charge in [-0.05, 0) is 26.0 Å². The van der Waals surface area contributed by atoms with Gasteiger partial charge >= 0.3 is 0 Å². The lowest BCUT2D eigenvalue weighted by Crippen LogP contribution is -1.99. The Morgan fingerprint density at radius 1 is 1.00 bits per heavy atom. The fourth-order valence-electron chi connectivity index (χ4n) is 1.24. The summed E-state index contributed by atoms with van der Waals surface area (Å²) in [5.41, 5.74) is 0.975. The first-order chi connectivity index (χ1) is 7.58. The quantitative estimate of drug-likeness (QED) is 0.548. The zero-order chi connectivity index (χ0) is 11.7. The molecule has 0 spiro atoms. The van der Waals surface area contributed by atoms with Crippen molar-refractivity contribution in [3.63, 3.8) is 0 Å². The van der Waals surface area contributed by atoms with Crippen LogP contribution in [0.25, 0.3) is 11.4 Å². The van der Waals surface area contributed by atoms with E-state index in [9.17, 15) is 8.78 Å². The zero-order valence-electron chi connectivity index (χ0n) is 8.83. The van der Waals surface area contributed by atoms with Crippen LogP contribution in [0.5, 0.6) is 0 Å². The molecule has 2 rings (SSSR count). The number of aryl methyl sites for hydroxylation is 2. The van der Waals surface area contributed by atoms with Crippen molar-refractivity contribution in [1.82, 2.24) is 15.0 Å². The SMILES string of the molecule is Cc1ccc(-c2ncc(C)c(F)n2)c(F)n1. The van der Waals surface area contributed by atoms with Crippen LogP contribution in [-0.2, 0) is 0 Å². The van der Waals surface area contributed by atoms with Crippen LogP contribution < -0.4 is 0 Å². The Balaban J connectivity index is 2.54. The normalized spacial score (nSPS) is 10.5. The molecule has 0 aromatic carbocycles. The summed E-state index contributed by atoms with van der Waals surface area (Å²) < 4.78 is 26.6. The number of hydrogen-bond acceptors (Lipinski definition) is 3. The molecule has 0 unspecified atom stereocenters. The van der Waals surface area contributed by atoms with Crippen molar-refractivity contribution < 1.29 is 8.78 Å². The van der Waals surface area contributed by atoms with Crippen LogP contribution in [0.1, 0.15) is 11.3 Å². The van der Waals surface area contributed by atoms with Gasteiger partial charge < -0.3 is 0 Å². The van der Waals surface area contributed by atoms with Crippen molar-refractivity contribution in [2.24, 2.45) is 0 Å². The Bertz CT molecular complexity index is 541. The highest BCUT2D eigenvalue weighted by atomic mass is 19.1. The molecule has 16 heavy (non-hydrogen) atoms. The van der Waals surface area contributed by atoms with Gasteiger partial charge in [0.2, 0.25) is 11.9 Å². The number of rotatable bonds is 1. The van der Waals surface area contributed by atoms with Crippen LogP contribution in [0.15, 0.2) is 18.3 Å². The lowest BCUT2D eigenvalue weighted by atomic mass is 10.2. The van der Waals surface area contributed by atoms with Crippen molar-refractivity contribution in [1.29, 1.82) is 0 Å². The van der Waals surface area contributed by atoms with E-state index in [0.29, 0.717) is 11.3 Å². The molecule has 0 aliphatic heterocycles. The molecule has 0 saturated carbocycles. The molecule has 5 heteroatoms. The second kappa shape index (κ2) is 3.92. The van der Waals surface area contributed by atoms with Gasteiger partial charge in [0.1, 0.15) is 0 Å². The summed E-state index contributed by atoms with van der Waals surface area (Å²) in [7, 11) is 0. The molecule has 3 nitrogen and oxygen atoms in total. The Morgan fingerprint density at radius 2 is 1.75 bits per heavy atom. The molecule has 0 saturated heterocycles. The molecular formula is C11H9F2N3. The van der Waals surface area contributed by atoms with Gasteiger partial charge in [0.05, 0.1) is 5.56 Å². The van der Waals surface area contributed by atoms with Gasteiger partial charge in [-0.1, -0.05) is 0 Å². The topological polar surface area (TPSA) is 38.7 Å². The van der Waals surface area contributed by atoms with E-state index in [1.807, 2.05) is 0 Å². The first-order valence-electron chi connectivity index (χ1n) is 4.70. The largest absolute Gasteiger partial charge is 0.236 e. The maximum atomic E-state index is 13.5. The van der Waals surface area contributed by atoms with Crippen LogP contribution in [0.3, 0.4) is 0 Å². The van der Waals surface area contributed by atoms with Crippen LogP contribution in [-0.4, -0.2) is 15.0 Å². The predicted molar refractivity (Wildman–Crippen MR) is 54.7 cm³/mol. The number of halogens is 2. The summed E-state index contributed by atoms with van der Waals surface area (Å²) >= 11 is 0. The molecule has 2 aromatic heterocycles. The molecular weight excluding hydrogens is 212 g/mol. The van der Waals surface area contributed by atoms with Crippen molar-refractivity contribution in [3.05, 3.63) is 41.5 Å². The molecule has 82 valence electrons. The lowest BCUT2D eigenvalue weighted by Gasteiger charge is -2.02. The first kappa shape index (κ1) is 10.6. The average Bonchev–Trinajstić information content (AvgIpc) is 2.22. The maximum absolute atomic E-state index is 13.5. The van der Waals surface area contributed by atoms with Gasteiger partial charge in [0.15, 0.2) is 5.82 Å². The zero-order valence-corrected chi connectivity index (χ0v) is 8.83. The van der Waals surface area contributed by atoms with Gasteiger partial charge in [-0.25, -0.2) is 9.97 Å². The molecule has 0 aliphatic rings. The highest BCUT2D eigenvalue weighted by Gasteiger charge is 2.11. The van der Waals surface area contributed by atoms with Gasteiger partial charge in [-0.3, -0.25) is 0 Å². The standard InChI is InChI=1S/C11H9F2N3/c1-6-5-14-11(16-9(6)12)8-4-3-7(2)15-10(8)13/h3-5H,1-2H3. The minimum Gasteiger partial charge on any atom is -0.236 e. The summed E-state index contributed by atoms with van der Waals surface area (Å²) in [5.74, 6) is -1.33. The molecule has 0 amide bonds. The Hall–Kier alpha value is -1.91. The monoisotopic (exact) mass is 221 g/mol. The van der Waals surface area contributed by atoms with E-state index < -0.39 is 11.9 Å². The second-order valence-corrected chi connectivity index (χ2v) is 3.46. The van der Waals surface area contributed by atoms with Crippen LogP contribution in [0.2, 0.25) is 0 Å². The third kappa shape index (κ3) is 1.88. The Morgan fingerprint density at radius 3 is 2.38 bits per heavy atom. The molecule has 2 heterocycles. The Kier molecular flexibility index (Phi) is 2.60. The maximum Gasteiger partial charge on any atom is 0.224 e. The predicted octanol–water partition coefficient (Wildman–Crippen LogP) is 2.43. The molecule has 0 aliphatic carbocycles. The minimum absolute atomic E-state index is 0.00750. The lowest BCUT2D eigenvalue weighted by molar-refractivity contribution is 0.565. The van der Waals surface area contributed by atoms with E-state index in [1.54, 1.807) is 19.9 Å². The minimum atomic E-state index is -0.691. The van der Waals surface area contributed by atoms with E-state index in [4.69, 9.17) is 0 Å². The molecule has 0 atom stereocenters. The molecule has 2 aromatic rings. The first-order valence-corrected chi connectivity index (χ1v) is 4.70. The van der Waals surface area contributed by atoms with Gasteiger partial charge in [-0.2, -0.15) is 13.8 Å². The molecule has 0 radical (unpaired) electrons. The summed E-state index contributed by atoms with van der Waals surface area (Å²) in [6.07, 6.45) is 1.32.